The molecule has 230 valence electrons. The lowest BCUT2D eigenvalue weighted by Gasteiger charge is -2.34. The quantitative estimate of drug-likeness (QED) is 0.279. The number of tetrazole rings is 1. The summed E-state index contributed by atoms with van der Waals surface area (Å²) in [4.78, 5) is 42.6. The lowest BCUT2D eigenvalue weighted by molar-refractivity contribution is -0.134. The molecule has 0 spiro atoms. The molecule has 4 aromatic rings. The molecule has 0 bridgehead atoms. The number of anilines is 2. The molecule has 13 heteroatoms. The first-order chi connectivity index (χ1) is 21.2. The second kappa shape index (κ2) is 13.5. The number of hydrogen-bond donors (Lipinski definition) is 3. The molecule has 0 saturated carbocycles. The number of rotatable bonds is 8. The van der Waals surface area contributed by atoms with Gasteiger partial charge >= 0.3 is 6.03 Å². The van der Waals surface area contributed by atoms with Crippen molar-refractivity contribution in [2.45, 2.75) is 39.0 Å². The minimum Gasteiger partial charge on any atom is -0.488 e. The van der Waals surface area contributed by atoms with E-state index in [2.05, 4.69) is 26.2 Å². The first-order valence-electron chi connectivity index (χ1n) is 14.4. The second-order valence-corrected chi connectivity index (χ2v) is 11.1. The zero-order valence-electron chi connectivity index (χ0n) is 24.9. The van der Waals surface area contributed by atoms with Gasteiger partial charge in [0.1, 0.15) is 24.7 Å². The minimum absolute atomic E-state index is 0.00717. The van der Waals surface area contributed by atoms with E-state index in [-0.39, 0.29) is 49.9 Å². The standard InChI is InChI=1S/C31H36N8O5/c1-20-15-39(21(2)18-40)30(42)14-23-13-24(33-29(41)17-38-19-32-35-36-38)11-12-27(23)44-28(20)16-37(3)31(43)34-26-10-6-8-22-7-4-5-9-25(22)26/h4-13,19-21,28,40H,14-18H2,1-3H3,(H,33,41)(H,34,43)/t20-,21+,28-/m0/s1. The van der Waals surface area contributed by atoms with Crippen molar-refractivity contribution in [3.05, 3.63) is 72.6 Å². The summed E-state index contributed by atoms with van der Waals surface area (Å²) in [5, 5.41) is 28.5. The predicted octanol–water partition coefficient (Wildman–Crippen LogP) is 2.78. The number of nitrogens with one attached hydrogen (secondary N) is 2. The van der Waals surface area contributed by atoms with Gasteiger partial charge in [0.25, 0.3) is 0 Å². The van der Waals surface area contributed by atoms with E-state index in [1.165, 1.54) is 11.0 Å². The summed E-state index contributed by atoms with van der Waals surface area (Å²) in [6.45, 7) is 4.04. The maximum atomic E-state index is 13.5. The first kappa shape index (κ1) is 30.4. The third-order valence-electron chi connectivity index (χ3n) is 7.73. The van der Waals surface area contributed by atoms with Gasteiger partial charge in [-0.15, -0.1) is 5.10 Å². The fraction of sp³-hybridized carbons (Fsp3) is 0.355. The Morgan fingerprint density at radius 2 is 1.93 bits per heavy atom. The van der Waals surface area contributed by atoms with E-state index in [1.807, 2.05) is 49.4 Å². The highest BCUT2D eigenvalue weighted by Gasteiger charge is 2.32. The van der Waals surface area contributed by atoms with Crippen molar-refractivity contribution in [3.8, 4) is 5.75 Å². The maximum Gasteiger partial charge on any atom is 0.321 e. The van der Waals surface area contributed by atoms with E-state index in [9.17, 15) is 19.5 Å². The van der Waals surface area contributed by atoms with E-state index in [4.69, 9.17) is 4.74 Å². The molecule has 0 aliphatic carbocycles. The van der Waals surface area contributed by atoms with Crippen LogP contribution in [0.5, 0.6) is 5.75 Å². The highest BCUT2D eigenvalue weighted by Crippen LogP contribution is 2.30. The van der Waals surface area contributed by atoms with Crippen LogP contribution in [0, 0.1) is 5.92 Å². The number of ether oxygens (including phenoxy) is 1. The van der Waals surface area contributed by atoms with Gasteiger partial charge in [-0.3, -0.25) is 9.59 Å². The molecule has 3 N–H and O–H groups in total. The molecule has 44 heavy (non-hydrogen) atoms. The molecule has 1 aliphatic rings. The summed E-state index contributed by atoms with van der Waals surface area (Å²) in [6, 6.07) is 18.0. The average molecular weight is 601 g/mol. The van der Waals surface area contributed by atoms with Crippen LogP contribution >= 0.6 is 0 Å². The van der Waals surface area contributed by atoms with Crippen molar-refractivity contribution in [1.29, 1.82) is 0 Å². The molecule has 4 amide bonds. The van der Waals surface area contributed by atoms with Crippen LogP contribution in [0.2, 0.25) is 0 Å². The number of nitrogens with zero attached hydrogens (tertiary/aromatic N) is 6. The van der Waals surface area contributed by atoms with Crippen LogP contribution in [0.3, 0.4) is 0 Å². The van der Waals surface area contributed by atoms with Crippen LogP contribution in [-0.4, -0.2) is 91.8 Å². The number of carbonyl (C=O) groups is 3. The number of aliphatic hydroxyl groups excluding tert-OH is 1. The number of hydrogen-bond acceptors (Lipinski definition) is 8. The third-order valence-corrected chi connectivity index (χ3v) is 7.73. The molecular weight excluding hydrogens is 564 g/mol. The molecule has 1 aromatic heterocycles. The van der Waals surface area contributed by atoms with Gasteiger partial charge in [0.2, 0.25) is 11.8 Å². The van der Waals surface area contributed by atoms with E-state index < -0.39 is 12.1 Å². The van der Waals surface area contributed by atoms with E-state index >= 15 is 0 Å². The number of carbonyl (C=O) groups excluding carboxylic acids is 3. The molecule has 0 fully saturated rings. The maximum absolute atomic E-state index is 13.5. The fourth-order valence-electron chi connectivity index (χ4n) is 5.22. The summed E-state index contributed by atoms with van der Waals surface area (Å²) < 4.78 is 7.82. The van der Waals surface area contributed by atoms with E-state index in [1.54, 1.807) is 42.0 Å². The topological polar surface area (TPSA) is 155 Å². The zero-order chi connectivity index (χ0) is 31.2. The number of aliphatic hydroxyl groups is 1. The monoisotopic (exact) mass is 600 g/mol. The van der Waals surface area contributed by atoms with Gasteiger partial charge in [-0.25, -0.2) is 9.48 Å². The highest BCUT2D eigenvalue weighted by molar-refractivity contribution is 6.01. The molecule has 3 aromatic carbocycles. The number of amides is 4. The molecule has 1 aliphatic heterocycles. The van der Waals surface area contributed by atoms with E-state index in [0.717, 1.165) is 10.8 Å². The Labute approximate surface area is 254 Å². The van der Waals surface area contributed by atoms with Gasteiger partial charge in [0.05, 0.1) is 31.3 Å². The number of urea groups is 1. The third kappa shape index (κ3) is 7.11. The Morgan fingerprint density at radius 3 is 2.70 bits per heavy atom. The number of likely N-dealkylation sites (N-methyl/N-ethyl adjacent to an activating group) is 1. The summed E-state index contributed by atoms with van der Waals surface area (Å²) in [6.07, 6.45) is 0.859. The second-order valence-electron chi connectivity index (χ2n) is 11.1. The zero-order valence-corrected chi connectivity index (χ0v) is 24.9. The van der Waals surface area contributed by atoms with Gasteiger partial charge in [-0.2, -0.15) is 0 Å². The largest absolute Gasteiger partial charge is 0.488 e. The normalized spacial score (nSPS) is 17.5. The van der Waals surface area contributed by atoms with Gasteiger partial charge < -0.3 is 30.3 Å². The SMILES string of the molecule is C[C@H](CO)N1C[C@H](C)[C@H](CN(C)C(=O)Nc2cccc3ccccc23)Oc2ccc(NC(=O)Cn3cnnn3)cc2CC1=O. The van der Waals surface area contributed by atoms with Crippen molar-refractivity contribution in [2.24, 2.45) is 5.92 Å². The van der Waals surface area contributed by atoms with Crippen LogP contribution in [0.25, 0.3) is 10.8 Å². The smallest absolute Gasteiger partial charge is 0.321 e. The Balaban J connectivity index is 1.37. The molecule has 0 radical (unpaired) electrons. The van der Waals surface area contributed by atoms with Gasteiger partial charge in [-0.1, -0.05) is 43.3 Å². The van der Waals surface area contributed by atoms with Crippen molar-refractivity contribution in [1.82, 2.24) is 30.0 Å². The highest BCUT2D eigenvalue weighted by atomic mass is 16.5. The van der Waals surface area contributed by atoms with Crippen LogP contribution < -0.4 is 15.4 Å². The summed E-state index contributed by atoms with van der Waals surface area (Å²) in [5.41, 5.74) is 1.76. The Morgan fingerprint density at radius 1 is 1.14 bits per heavy atom. The van der Waals surface area contributed by atoms with Gasteiger partial charge in [0.15, 0.2) is 0 Å². The Kier molecular flexibility index (Phi) is 9.34. The molecule has 13 nitrogen and oxygen atoms in total. The van der Waals surface area contributed by atoms with Crippen molar-refractivity contribution >= 4 is 40.0 Å². The van der Waals surface area contributed by atoms with Crippen molar-refractivity contribution in [3.63, 3.8) is 0 Å². The fourth-order valence-corrected chi connectivity index (χ4v) is 5.22. The lowest BCUT2D eigenvalue weighted by atomic mass is 10.0. The van der Waals surface area contributed by atoms with Gasteiger partial charge in [-0.05, 0) is 47.0 Å². The molecular formula is C31H36N8O5. The Bertz CT molecular complexity index is 1620. The molecule has 2 heterocycles. The molecule has 3 atom stereocenters. The average Bonchev–Trinajstić information content (AvgIpc) is 3.53. The first-order valence-corrected chi connectivity index (χ1v) is 14.4. The van der Waals surface area contributed by atoms with Crippen LogP contribution in [-0.2, 0) is 22.6 Å². The van der Waals surface area contributed by atoms with Crippen LogP contribution in [0.15, 0.2) is 67.0 Å². The van der Waals surface area contributed by atoms with Crippen LogP contribution in [0.4, 0.5) is 16.2 Å². The lowest BCUT2D eigenvalue weighted by Crippen LogP contribution is -2.48. The molecule has 0 saturated heterocycles. The predicted molar refractivity (Wildman–Crippen MR) is 164 cm³/mol. The number of fused-ring (bicyclic) bond motifs is 2. The van der Waals surface area contributed by atoms with Gasteiger partial charge in [0, 0.05) is 36.1 Å². The molecule has 0 unspecified atom stereocenters. The van der Waals surface area contributed by atoms with Crippen molar-refractivity contribution in [2.75, 3.05) is 37.4 Å². The van der Waals surface area contributed by atoms with E-state index in [0.29, 0.717) is 29.2 Å². The van der Waals surface area contributed by atoms with Crippen molar-refractivity contribution < 1.29 is 24.2 Å². The molecule has 5 rings (SSSR count). The van der Waals surface area contributed by atoms with Crippen LogP contribution in [0.1, 0.15) is 19.4 Å². The Hall–Kier alpha value is -5.04. The summed E-state index contributed by atoms with van der Waals surface area (Å²) in [5.74, 6) is -0.228. The summed E-state index contributed by atoms with van der Waals surface area (Å²) >= 11 is 0. The minimum atomic E-state index is -0.489. The number of benzene rings is 3. The number of aromatic nitrogens is 4. The summed E-state index contributed by atoms with van der Waals surface area (Å²) in [7, 11) is 1.70.